The minimum absolute atomic E-state index is 0.0269. The van der Waals surface area contributed by atoms with Crippen LogP contribution in [-0.4, -0.2) is 27.9 Å². The van der Waals surface area contributed by atoms with Crippen molar-refractivity contribution < 1.29 is 23.4 Å². The van der Waals surface area contributed by atoms with Gasteiger partial charge in [-0.15, -0.1) is 11.8 Å². The van der Waals surface area contributed by atoms with Crippen LogP contribution < -0.4 is 4.74 Å². The zero-order valence-corrected chi connectivity index (χ0v) is 14.8. The van der Waals surface area contributed by atoms with E-state index in [1.54, 1.807) is 18.2 Å². The molecule has 0 aliphatic rings. The zero-order valence-electron chi connectivity index (χ0n) is 14.0. The standard InChI is InChI=1S/C18H19F2NO3S/c1-11(2)24-16-6-3-5-15(21-16)12-9-13(19)18(14(20)10-12)25-8-4-7-17(22)23/h3,5-6,9-11H,4,7-8H2,1-2H3,(H,22,23). The molecular weight excluding hydrogens is 348 g/mol. The Bertz CT molecular complexity index is 730. The number of carbonyl (C=O) groups is 1. The van der Waals surface area contributed by atoms with Gasteiger partial charge in [0.25, 0.3) is 0 Å². The molecule has 7 heteroatoms. The summed E-state index contributed by atoms with van der Waals surface area (Å²) in [7, 11) is 0. The van der Waals surface area contributed by atoms with Gasteiger partial charge in [-0.2, -0.15) is 0 Å². The van der Waals surface area contributed by atoms with E-state index in [1.165, 1.54) is 12.1 Å². The summed E-state index contributed by atoms with van der Waals surface area (Å²) in [5, 5.41) is 8.58. The van der Waals surface area contributed by atoms with Crippen LogP contribution in [0.4, 0.5) is 8.78 Å². The fraction of sp³-hybridized carbons (Fsp3) is 0.333. The topological polar surface area (TPSA) is 59.4 Å². The van der Waals surface area contributed by atoms with Crippen molar-refractivity contribution in [2.45, 2.75) is 37.7 Å². The van der Waals surface area contributed by atoms with Crippen LogP contribution in [0.5, 0.6) is 5.88 Å². The van der Waals surface area contributed by atoms with Gasteiger partial charge in [0.2, 0.25) is 5.88 Å². The molecule has 2 aromatic rings. The minimum Gasteiger partial charge on any atom is -0.481 e. The van der Waals surface area contributed by atoms with Crippen molar-refractivity contribution in [2.24, 2.45) is 0 Å². The number of aromatic nitrogens is 1. The van der Waals surface area contributed by atoms with Gasteiger partial charge in [-0.3, -0.25) is 4.79 Å². The number of carboxylic acids is 1. The van der Waals surface area contributed by atoms with E-state index in [2.05, 4.69) is 4.98 Å². The number of ether oxygens (including phenoxy) is 1. The van der Waals surface area contributed by atoms with Crippen LogP contribution in [0, 0.1) is 11.6 Å². The first kappa shape index (κ1) is 19.2. The lowest BCUT2D eigenvalue weighted by Gasteiger charge is -2.11. The van der Waals surface area contributed by atoms with Crippen LogP contribution in [0.2, 0.25) is 0 Å². The van der Waals surface area contributed by atoms with Crippen molar-refractivity contribution in [3.8, 4) is 17.1 Å². The van der Waals surface area contributed by atoms with Crippen molar-refractivity contribution in [1.29, 1.82) is 0 Å². The maximum atomic E-state index is 14.3. The highest BCUT2D eigenvalue weighted by atomic mass is 32.2. The normalized spacial score (nSPS) is 10.9. The van der Waals surface area contributed by atoms with E-state index < -0.39 is 17.6 Å². The number of hydrogen-bond donors (Lipinski definition) is 1. The van der Waals surface area contributed by atoms with E-state index in [9.17, 15) is 13.6 Å². The van der Waals surface area contributed by atoms with Crippen molar-refractivity contribution >= 4 is 17.7 Å². The summed E-state index contributed by atoms with van der Waals surface area (Å²) in [5.74, 6) is -1.58. The predicted molar refractivity (Wildman–Crippen MR) is 92.9 cm³/mol. The van der Waals surface area contributed by atoms with Crippen molar-refractivity contribution in [2.75, 3.05) is 5.75 Å². The fourth-order valence-corrected chi connectivity index (χ4v) is 3.01. The second-order valence-electron chi connectivity index (χ2n) is 5.64. The summed E-state index contributed by atoms with van der Waals surface area (Å²) >= 11 is 0.973. The Labute approximate surface area is 149 Å². The molecule has 1 heterocycles. The van der Waals surface area contributed by atoms with Gasteiger partial charge >= 0.3 is 5.97 Å². The highest BCUT2D eigenvalue weighted by Crippen LogP contribution is 2.31. The molecular formula is C18H19F2NO3S. The Hall–Kier alpha value is -2.15. The minimum atomic E-state index is -0.925. The molecule has 0 spiro atoms. The zero-order chi connectivity index (χ0) is 18.4. The van der Waals surface area contributed by atoms with Crippen LogP contribution >= 0.6 is 11.8 Å². The molecule has 25 heavy (non-hydrogen) atoms. The Morgan fingerprint density at radius 2 is 1.96 bits per heavy atom. The van der Waals surface area contributed by atoms with Gasteiger partial charge in [0.05, 0.1) is 16.7 Å². The average Bonchev–Trinajstić information content (AvgIpc) is 2.52. The molecule has 0 unspecified atom stereocenters. The second-order valence-corrected chi connectivity index (χ2v) is 6.75. The molecule has 0 bridgehead atoms. The van der Waals surface area contributed by atoms with E-state index in [0.29, 0.717) is 29.3 Å². The number of thioether (sulfide) groups is 1. The number of benzene rings is 1. The molecule has 1 N–H and O–H groups in total. The summed E-state index contributed by atoms with van der Waals surface area (Å²) < 4.78 is 34.0. The SMILES string of the molecule is CC(C)Oc1cccc(-c2cc(F)c(SCCCC(=O)O)c(F)c2)n1. The molecule has 4 nitrogen and oxygen atoms in total. The first-order valence-electron chi connectivity index (χ1n) is 7.84. The number of pyridine rings is 1. The number of rotatable bonds is 8. The summed E-state index contributed by atoms with van der Waals surface area (Å²) in [6.07, 6.45) is 0.262. The van der Waals surface area contributed by atoms with E-state index >= 15 is 0 Å². The average molecular weight is 367 g/mol. The third-order valence-corrected chi connectivity index (χ3v) is 4.33. The predicted octanol–water partition coefficient (Wildman–Crippen LogP) is 4.77. The number of carboxylic acid groups (broad SMARTS) is 1. The van der Waals surface area contributed by atoms with Gasteiger partial charge in [-0.25, -0.2) is 13.8 Å². The molecule has 0 radical (unpaired) electrons. The lowest BCUT2D eigenvalue weighted by molar-refractivity contribution is -0.137. The van der Waals surface area contributed by atoms with Crippen molar-refractivity contribution in [1.82, 2.24) is 4.98 Å². The van der Waals surface area contributed by atoms with Gasteiger partial charge in [0, 0.05) is 18.1 Å². The first-order chi connectivity index (χ1) is 11.9. The number of aliphatic carboxylic acids is 1. The Balaban J connectivity index is 2.17. The molecule has 1 aromatic carbocycles. The molecule has 0 saturated heterocycles. The molecule has 0 aliphatic carbocycles. The van der Waals surface area contributed by atoms with E-state index in [-0.39, 0.29) is 17.4 Å². The van der Waals surface area contributed by atoms with Gasteiger partial charge in [0.1, 0.15) is 11.6 Å². The number of hydrogen-bond acceptors (Lipinski definition) is 4. The lowest BCUT2D eigenvalue weighted by atomic mass is 10.1. The van der Waals surface area contributed by atoms with Gasteiger partial charge in [-0.05, 0) is 44.2 Å². The molecule has 2 rings (SSSR count). The maximum absolute atomic E-state index is 14.3. The van der Waals surface area contributed by atoms with E-state index in [4.69, 9.17) is 9.84 Å². The third-order valence-electron chi connectivity index (χ3n) is 3.16. The van der Waals surface area contributed by atoms with Crippen LogP contribution in [0.3, 0.4) is 0 Å². The second kappa shape index (κ2) is 8.80. The molecule has 0 fully saturated rings. The molecule has 0 amide bonds. The number of halogens is 2. The summed E-state index contributed by atoms with van der Waals surface area (Å²) in [6.45, 7) is 3.73. The van der Waals surface area contributed by atoms with Crippen molar-refractivity contribution in [3.63, 3.8) is 0 Å². The molecule has 1 aromatic heterocycles. The lowest BCUT2D eigenvalue weighted by Crippen LogP contribution is -2.07. The van der Waals surface area contributed by atoms with Crippen LogP contribution in [0.15, 0.2) is 35.2 Å². The van der Waals surface area contributed by atoms with Crippen LogP contribution in [0.1, 0.15) is 26.7 Å². The van der Waals surface area contributed by atoms with Gasteiger partial charge < -0.3 is 9.84 Å². The molecule has 0 atom stereocenters. The molecule has 0 saturated carbocycles. The Morgan fingerprint density at radius 1 is 1.28 bits per heavy atom. The largest absolute Gasteiger partial charge is 0.481 e. The summed E-state index contributed by atoms with van der Waals surface area (Å²) in [6, 6.07) is 7.50. The Morgan fingerprint density at radius 3 is 2.56 bits per heavy atom. The van der Waals surface area contributed by atoms with E-state index in [1.807, 2.05) is 13.8 Å². The summed E-state index contributed by atoms with van der Waals surface area (Å²) in [5.41, 5.74) is 0.734. The smallest absolute Gasteiger partial charge is 0.303 e. The monoisotopic (exact) mass is 367 g/mol. The fourth-order valence-electron chi connectivity index (χ4n) is 2.13. The first-order valence-corrected chi connectivity index (χ1v) is 8.83. The highest BCUT2D eigenvalue weighted by molar-refractivity contribution is 7.99. The molecule has 134 valence electrons. The van der Waals surface area contributed by atoms with E-state index in [0.717, 1.165) is 11.8 Å². The highest BCUT2D eigenvalue weighted by Gasteiger charge is 2.14. The maximum Gasteiger partial charge on any atom is 0.303 e. The van der Waals surface area contributed by atoms with Crippen molar-refractivity contribution in [3.05, 3.63) is 42.0 Å². The van der Waals surface area contributed by atoms with Crippen LogP contribution in [-0.2, 0) is 4.79 Å². The summed E-state index contributed by atoms with van der Waals surface area (Å²) in [4.78, 5) is 14.6. The number of nitrogens with zero attached hydrogens (tertiary/aromatic N) is 1. The van der Waals surface area contributed by atoms with Gasteiger partial charge in [0.15, 0.2) is 0 Å². The van der Waals surface area contributed by atoms with Crippen LogP contribution in [0.25, 0.3) is 11.3 Å². The third kappa shape index (κ3) is 5.70. The Kier molecular flexibility index (Phi) is 6.75. The quantitative estimate of drug-likeness (QED) is 0.538. The molecule has 0 aliphatic heterocycles. The van der Waals surface area contributed by atoms with Gasteiger partial charge in [-0.1, -0.05) is 6.07 Å².